The third-order valence-electron chi connectivity index (χ3n) is 5.31. The van der Waals surface area contributed by atoms with Gasteiger partial charge in [-0.3, -0.25) is 4.79 Å². The molecule has 2 rings (SSSR count). The van der Waals surface area contributed by atoms with Gasteiger partial charge in [0.2, 0.25) is 10.0 Å². The van der Waals surface area contributed by atoms with E-state index < -0.39 is 22.1 Å². The van der Waals surface area contributed by atoms with Gasteiger partial charge in [-0.2, -0.15) is 0 Å². The largest absolute Gasteiger partial charge is 0.449 e. The van der Waals surface area contributed by atoms with Gasteiger partial charge in [0.15, 0.2) is 6.10 Å². The first-order valence-corrected chi connectivity index (χ1v) is 11.8. The number of ether oxygens (including phenoxy) is 1. The van der Waals surface area contributed by atoms with Crippen molar-refractivity contribution in [3.8, 4) is 0 Å². The fourth-order valence-corrected chi connectivity index (χ4v) is 4.58. The first-order chi connectivity index (χ1) is 13.7. The molecule has 162 valence electrons. The summed E-state index contributed by atoms with van der Waals surface area (Å²) >= 11 is 0. The molecule has 0 aromatic heterocycles. The van der Waals surface area contributed by atoms with Crippen LogP contribution < -0.4 is 10.0 Å². The highest BCUT2D eigenvalue weighted by atomic mass is 32.2. The highest BCUT2D eigenvalue weighted by molar-refractivity contribution is 7.89. The molecule has 1 aromatic rings. The summed E-state index contributed by atoms with van der Waals surface area (Å²) in [5.41, 5.74) is 0.194. The van der Waals surface area contributed by atoms with E-state index in [9.17, 15) is 18.0 Å². The van der Waals surface area contributed by atoms with Gasteiger partial charge < -0.3 is 10.1 Å². The van der Waals surface area contributed by atoms with Crippen LogP contribution in [0.4, 0.5) is 0 Å². The first kappa shape index (κ1) is 23.3. The van der Waals surface area contributed by atoms with Crippen LogP contribution in [-0.2, 0) is 19.6 Å². The fraction of sp³-hybridized carbons (Fsp3) is 0.619. The highest BCUT2D eigenvalue weighted by Crippen LogP contribution is 2.22. The summed E-state index contributed by atoms with van der Waals surface area (Å²) in [6.07, 6.45) is 5.65. The van der Waals surface area contributed by atoms with Crippen LogP contribution in [0.25, 0.3) is 0 Å². The van der Waals surface area contributed by atoms with Gasteiger partial charge >= 0.3 is 5.97 Å². The minimum Gasteiger partial charge on any atom is -0.449 e. The molecule has 0 bridgehead atoms. The Labute approximate surface area is 173 Å². The van der Waals surface area contributed by atoms with Gasteiger partial charge in [-0.1, -0.05) is 26.2 Å². The predicted octanol–water partition coefficient (Wildman–Crippen LogP) is 3.01. The van der Waals surface area contributed by atoms with Crippen molar-refractivity contribution in [1.29, 1.82) is 0 Å². The average molecular weight is 425 g/mol. The predicted molar refractivity (Wildman–Crippen MR) is 111 cm³/mol. The Bertz CT molecular complexity index is 786. The van der Waals surface area contributed by atoms with E-state index in [0.29, 0.717) is 18.9 Å². The van der Waals surface area contributed by atoms with E-state index in [1.54, 1.807) is 6.92 Å². The van der Waals surface area contributed by atoms with Gasteiger partial charge in [-0.05, 0) is 63.3 Å². The second kappa shape index (κ2) is 10.7. The van der Waals surface area contributed by atoms with Crippen molar-refractivity contribution in [1.82, 2.24) is 10.0 Å². The van der Waals surface area contributed by atoms with Crippen LogP contribution in [-0.4, -0.2) is 39.0 Å². The Hall–Kier alpha value is -1.93. The Morgan fingerprint density at radius 2 is 1.72 bits per heavy atom. The van der Waals surface area contributed by atoms with Crippen molar-refractivity contribution in [2.24, 2.45) is 5.92 Å². The quantitative estimate of drug-likeness (QED) is 0.594. The average Bonchev–Trinajstić information content (AvgIpc) is 2.72. The minimum atomic E-state index is -3.63. The van der Waals surface area contributed by atoms with Crippen LogP contribution in [0.2, 0.25) is 0 Å². The monoisotopic (exact) mass is 424 g/mol. The van der Waals surface area contributed by atoms with Crippen molar-refractivity contribution in [3.63, 3.8) is 0 Å². The van der Waals surface area contributed by atoms with Crippen molar-refractivity contribution in [2.75, 3.05) is 6.54 Å². The lowest BCUT2D eigenvalue weighted by atomic mass is 9.89. The first-order valence-electron chi connectivity index (χ1n) is 10.3. The summed E-state index contributed by atoms with van der Waals surface area (Å²) < 4.78 is 32.3. The number of hydrogen-bond acceptors (Lipinski definition) is 5. The highest BCUT2D eigenvalue weighted by Gasteiger charge is 2.22. The Morgan fingerprint density at radius 3 is 2.31 bits per heavy atom. The van der Waals surface area contributed by atoms with Gasteiger partial charge in [0.1, 0.15) is 0 Å². The third kappa shape index (κ3) is 7.12. The normalized spacial score (nSPS) is 17.3. The number of esters is 1. The minimum absolute atomic E-state index is 0.0765. The Kier molecular flexibility index (Phi) is 8.64. The van der Waals surface area contributed by atoms with E-state index in [-0.39, 0.29) is 22.4 Å². The van der Waals surface area contributed by atoms with Crippen molar-refractivity contribution in [3.05, 3.63) is 29.8 Å². The lowest BCUT2D eigenvalue weighted by Gasteiger charge is -2.22. The van der Waals surface area contributed by atoms with Gasteiger partial charge in [0.05, 0.1) is 10.5 Å². The molecular weight excluding hydrogens is 392 g/mol. The van der Waals surface area contributed by atoms with E-state index in [0.717, 1.165) is 12.8 Å². The second-order valence-electron chi connectivity index (χ2n) is 7.75. The third-order valence-corrected chi connectivity index (χ3v) is 6.92. The number of amides is 1. The smallest absolute Gasteiger partial charge is 0.338 e. The standard InChI is InChI=1S/C21H32N2O5S/c1-4-15(2)23-29(26,27)19-12-10-18(11-13-19)21(25)28-16(3)20(24)22-14-17-8-6-5-7-9-17/h10-13,15-17,23H,4-9,14H2,1-3H3,(H,22,24). The number of hydrogen-bond donors (Lipinski definition) is 2. The topological polar surface area (TPSA) is 102 Å². The summed E-state index contributed by atoms with van der Waals surface area (Å²) in [7, 11) is -3.63. The van der Waals surface area contributed by atoms with Crippen LogP contribution >= 0.6 is 0 Å². The maximum absolute atomic E-state index is 12.3. The van der Waals surface area contributed by atoms with Gasteiger partial charge in [-0.25, -0.2) is 17.9 Å². The van der Waals surface area contributed by atoms with E-state index >= 15 is 0 Å². The molecular formula is C21H32N2O5S. The number of carbonyl (C=O) groups is 2. The van der Waals surface area contributed by atoms with Gasteiger partial charge in [-0.15, -0.1) is 0 Å². The number of carbonyl (C=O) groups excluding carboxylic acids is 2. The van der Waals surface area contributed by atoms with E-state index in [4.69, 9.17) is 4.74 Å². The van der Waals surface area contributed by atoms with Crippen LogP contribution in [0, 0.1) is 5.92 Å². The molecule has 7 nitrogen and oxygen atoms in total. The van der Waals surface area contributed by atoms with E-state index in [1.165, 1.54) is 50.5 Å². The summed E-state index contributed by atoms with van der Waals surface area (Å²) in [6.45, 7) is 5.81. The van der Waals surface area contributed by atoms with E-state index in [2.05, 4.69) is 10.0 Å². The summed E-state index contributed by atoms with van der Waals surface area (Å²) in [5, 5.41) is 2.86. The zero-order valence-electron chi connectivity index (χ0n) is 17.4. The fourth-order valence-electron chi connectivity index (χ4n) is 3.25. The van der Waals surface area contributed by atoms with Gasteiger partial charge in [0, 0.05) is 12.6 Å². The lowest BCUT2D eigenvalue weighted by molar-refractivity contribution is -0.129. The van der Waals surface area contributed by atoms with E-state index in [1.807, 2.05) is 6.92 Å². The number of benzene rings is 1. The molecule has 1 aromatic carbocycles. The maximum atomic E-state index is 12.3. The molecule has 0 saturated heterocycles. The molecule has 0 spiro atoms. The molecule has 29 heavy (non-hydrogen) atoms. The lowest BCUT2D eigenvalue weighted by Crippen LogP contribution is -2.38. The zero-order valence-corrected chi connectivity index (χ0v) is 18.3. The zero-order chi connectivity index (χ0) is 21.4. The number of sulfonamides is 1. The molecule has 0 radical (unpaired) electrons. The summed E-state index contributed by atoms with van der Waals surface area (Å²) in [5.74, 6) is -0.487. The molecule has 2 unspecified atom stereocenters. The summed E-state index contributed by atoms with van der Waals surface area (Å²) in [6, 6.07) is 5.31. The van der Waals surface area contributed by atoms with Crippen LogP contribution in [0.1, 0.15) is 69.7 Å². The van der Waals surface area contributed by atoms with Crippen molar-refractivity contribution >= 4 is 21.9 Å². The molecule has 1 fully saturated rings. The molecule has 8 heteroatoms. The van der Waals surface area contributed by atoms with Gasteiger partial charge in [0.25, 0.3) is 5.91 Å². The maximum Gasteiger partial charge on any atom is 0.338 e. The molecule has 2 atom stereocenters. The van der Waals surface area contributed by atoms with Crippen LogP contribution in [0.3, 0.4) is 0 Å². The Morgan fingerprint density at radius 1 is 1.10 bits per heavy atom. The Balaban J connectivity index is 1.88. The second-order valence-corrected chi connectivity index (χ2v) is 9.47. The number of nitrogens with one attached hydrogen (secondary N) is 2. The number of rotatable bonds is 9. The van der Waals surface area contributed by atoms with Crippen molar-refractivity contribution in [2.45, 2.75) is 76.3 Å². The van der Waals surface area contributed by atoms with Crippen LogP contribution in [0.5, 0.6) is 0 Å². The SMILES string of the molecule is CCC(C)NS(=O)(=O)c1ccc(C(=O)OC(C)C(=O)NCC2CCCCC2)cc1. The molecule has 1 aliphatic rings. The summed E-state index contributed by atoms with van der Waals surface area (Å²) in [4.78, 5) is 24.6. The molecule has 1 saturated carbocycles. The molecule has 0 heterocycles. The van der Waals surface area contributed by atoms with Crippen molar-refractivity contribution < 1.29 is 22.7 Å². The van der Waals surface area contributed by atoms with Crippen LogP contribution in [0.15, 0.2) is 29.2 Å². The molecule has 2 N–H and O–H groups in total. The molecule has 1 amide bonds. The molecule has 0 aliphatic heterocycles. The molecule has 1 aliphatic carbocycles.